The standard InChI is InChI=1S/C14H20N2O2/c1-10-4-2-6-12(8-10)16-14(18)15-9-11-5-3-7-13(11)17/h2,4,6,8,11,13,17H,3,5,7,9H2,1H3,(H2,15,16,18). The first-order valence-corrected chi connectivity index (χ1v) is 6.45. The predicted octanol–water partition coefficient (Wildman–Crippen LogP) is 2.28. The van der Waals surface area contributed by atoms with Gasteiger partial charge in [0.05, 0.1) is 6.10 Å². The molecular weight excluding hydrogens is 228 g/mol. The van der Waals surface area contributed by atoms with Gasteiger partial charge < -0.3 is 15.7 Å². The molecule has 0 heterocycles. The summed E-state index contributed by atoms with van der Waals surface area (Å²) >= 11 is 0. The summed E-state index contributed by atoms with van der Waals surface area (Å²) in [5.74, 6) is 0.202. The normalized spacial score (nSPS) is 22.8. The van der Waals surface area contributed by atoms with E-state index in [9.17, 15) is 9.90 Å². The van der Waals surface area contributed by atoms with Crippen LogP contribution in [0.15, 0.2) is 24.3 Å². The summed E-state index contributed by atoms with van der Waals surface area (Å²) in [6.45, 7) is 2.52. The number of carbonyl (C=O) groups is 1. The lowest BCUT2D eigenvalue weighted by Crippen LogP contribution is -2.35. The second-order valence-electron chi connectivity index (χ2n) is 4.96. The average Bonchev–Trinajstić information content (AvgIpc) is 2.72. The third-order valence-corrected chi connectivity index (χ3v) is 3.42. The van der Waals surface area contributed by atoms with Crippen LogP contribution in [0.25, 0.3) is 0 Å². The number of anilines is 1. The molecular formula is C14H20N2O2. The zero-order valence-electron chi connectivity index (χ0n) is 10.6. The minimum Gasteiger partial charge on any atom is -0.393 e. The molecule has 0 bridgehead atoms. The molecule has 0 aliphatic heterocycles. The van der Waals surface area contributed by atoms with Gasteiger partial charge in [-0.2, -0.15) is 0 Å². The van der Waals surface area contributed by atoms with E-state index in [4.69, 9.17) is 0 Å². The molecule has 2 atom stereocenters. The quantitative estimate of drug-likeness (QED) is 0.768. The van der Waals surface area contributed by atoms with Crippen molar-refractivity contribution in [3.8, 4) is 0 Å². The number of amides is 2. The van der Waals surface area contributed by atoms with Crippen molar-refractivity contribution in [3.63, 3.8) is 0 Å². The van der Waals surface area contributed by atoms with E-state index in [1.165, 1.54) is 0 Å². The maximum atomic E-state index is 11.7. The fourth-order valence-corrected chi connectivity index (χ4v) is 2.38. The third kappa shape index (κ3) is 3.47. The Morgan fingerprint density at radius 3 is 2.94 bits per heavy atom. The molecule has 4 heteroatoms. The SMILES string of the molecule is Cc1cccc(NC(=O)NCC2CCCC2O)c1. The van der Waals surface area contributed by atoms with E-state index < -0.39 is 0 Å². The topological polar surface area (TPSA) is 61.4 Å². The van der Waals surface area contributed by atoms with Crippen molar-refractivity contribution in [3.05, 3.63) is 29.8 Å². The number of hydrogen-bond donors (Lipinski definition) is 3. The van der Waals surface area contributed by atoms with Crippen molar-refractivity contribution in [2.75, 3.05) is 11.9 Å². The molecule has 0 saturated heterocycles. The van der Waals surface area contributed by atoms with Gasteiger partial charge in [0.1, 0.15) is 0 Å². The molecule has 1 aromatic rings. The monoisotopic (exact) mass is 248 g/mol. The second kappa shape index (κ2) is 5.87. The highest BCUT2D eigenvalue weighted by Gasteiger charge is 2.25. The number of nitrogens with one attached hydrogen (secondary N) is 2. The Morgan fingerprint density at radius 1 is 1.44 bits per heavy atom. The fourth-order valence-electron chi connectivity index (χ4n) is 2.38. The van der Waals surface area contributed by atoms with Gasteiger partial charge >= 0.3 is 6.03 Å². The molecule has 18 heavy (non-hydrogen) atoms. The molecule has 2 unspecified atom stereocenters. The van der Waals surface area contributed by atoms with Gasteiger partial charge in [0, 0.05) is 18.2 Å². The molecule has 3 N–H and O–H groups in total. The van der Waals surface area contributed by atoms with Crippen molar-refractivity contribution < 1.29 is 9.90 Å². The molecule has 2 rings (SSSR count). The van der Waals surface area contributed by atoms with Gasteiger partial charge in [-0.25, -0.2) is 4.79 Å². The number of aliphatic hydroxyl groups excluding tert-OH is 1. The lowest BCUT2D eigenvalue weighted by molar-refractivity contribution is 0.133. The summed E-state index contributed by atoms with van der Waals surface area (Å²) in [7, 11) is 0. The van der Waals surface area contributed by atoms with E-state index in [2.05, 4.69) is 10.6 Å². The van der Waals surface area contributed by atoms with E-state index in [-0.39, 0.29) is 18.1 Å². The first kappa shape index (κ1) is 12.9. The molecule has 1 aliphatic rings. The minimum atomic E-state index is -0.260. The second-order valence-corrected chi connectivity index (χ2v) is 4.96. The van der Waals surface area contributed by atoms with Crippen LogP contribution in [0.1, 0.15) is 24.8 Å². The number of benzene rings is 1. The summed E-state index contributed by atoms with van der Waals surface area (Å²) in [4.78, 5) is 11.7. The third-order valence-electron chi connectivity index (χ3n) is 3.42. The minimum absolute atomic E-state index is 0.202. The van der Waals surface area contributed by atoms with E-state index >= 15 is 0 Å². The van der Waals surface area contributed by atoms with Crippen LogP contribution in [-0.4, -0.2) is 23.8 Å². The summed E-state index contributed by atoms with van der Waals surface area (Å²) in [5.41, 5.74) is 1.90. The molecule has 2 amide bonds. The van der Waals surface area contributed by atoms with E-state index in [0.717, 1.165) is 30.5 Å². The molecule has 0 spiro atoms. The van der Waals surface area contributed by atoms with Gasteiger partial charge in [0.25, 0.3) is 0 Å². The van der Waals surface area contributed by atoms with E-state index in [0.29, 0.717) is 6.54 Å². The molecule has 1 saturated carbocycles. The van der Waals surface area contributed by atoms with Crippen LogP contribution in [0.2, 0.25) is 0 Å². The number of carbonyl (C=O) groups excluding carboxylic acids is 1. The Balaban J connectivity index is 1.78. The maximum absolute atomic E-state index is 11.7. The molecule has 1 aromatic carbocycles. The lowest BCUT2D eigenvalue weighted by atomic mass is 10.1. The first-order chi connectivity index (χ1) is 8.65. The van der Waals surface area contributed by atoms with Crippen molar-refractivity contribution in [1.29, 1.82) is 0 Å². The Kier molecular flexibility index (Phi) is 4.20. The van der Waals surface area contributed by atoms with Crippen LogP contribution >= 0.6 is 0 Å². The number of hydrogen-bond acceptors (Lipinski definition) is 2. The highest BCUT2D eigenvalue weighted by molar-refractivity contribution is 5.89. The molecule has 1 aliphatic carbocycles. The van der Waals surface area contributed by atoms with Gasteiger partial charge in [0.15, 0.2) is 0 Å². The van der Waals surface area contributed by atoms with Crippen LogP contribution in [0.4, 0.5) is 10.5 Å². The maximum Gasteiger partial charge on any atom is 0.319 e. The largest absolute Gasteiger partial charge is 0.393 e. The number of rotatable bonds is 3. The Hall–Kier alpha value is -1.55. The number of aryl methyl sites for hydroxylation is 1. The summed E-state index contributed by atoms with van der Waals surface area (Å²) in [6, 6.07) is 7.46. The van der Waals surface area contributed by atoms with Crippen LogP contribution < -0.4 is 10.6 Å². The number of urea groups is 1. The molecule has 98 valence electrons. The van der Waals surface area contributed by atoms with Gasteiger partial charge in [0.2, 0.25) is 0 Å². The average molecular weight is 248 g/mol. The molecule has 0 aromatic heterocycles. The Bertz CT molecular complexity index is 420. The Labute approximate surface area is 107 Å². The highest BCUT2D eigenvalue weighted by atomic mass is 16.3. The predicted molar refractivity (Wildman–Crippen MR) is 71.5 cm³/mol. The van der Waals surface area contributed by atoms with Crippen molar-refractivity contribution >= 4 is 11.7 Å². The summed E-state index contributed by atoms with van der Waals surface area (Å²) in [6.07, 6.45) is 2.63. The zero-order valence-corrected chi connectivity index (χ0v) is 10.6. The Morgan fingerprint density at radius 2 is 2.28 bits per heavy atom. The van der Waals surface area contributed by atoms with E-state index in [1.54, 1.807) is 0 Å². The molecule has 4 nitrogen and oxygen atoms in total. The van der Waals surface area contributed by atoms with Crippen molar-refractivity contribution in [1.82, 2.24) is 5.32 Å². The van der Waals surface area contributed by atoms with Crippen molar-refractivity contribution in [2.24, 2.45) is 5.92 Å². The van der Waals surface area contributed by atoms with Crippen LogP contribution in [0, 0.1) is 12.8 Å². The van der Waals surface area contributed by atoms with Gasteiger partial charge in [-0.3, -0.25) is 0 Å². The molecule has 0 radical (unpaired) electrons. The smallest absolute Gasteiger partial charge is 0.319 e. The summed E-state index contributed by atoms with van der Waals surface area (Å²) < 4.78 is 0. The number of aliphatic hydroxyl groups is 1. The zero-order chi connectivity index (χ0) is 13.0. The molecule has 1 fully saturated rings. The van der Waals surface area contributed by atoms with Gasteiger partial charge in [-0.05, 0) is 37.5 Å². The van der Waals surface area contributed by atoms with Gasteiger partial charge in [-0.15, -0.1) is 0 Å². The lowest BCUT2D eigenvalue weighted by Gasteiger charge is -2.15. The van der Waals surface area contributed by atoms with Crippen LogP contribution in [0.3, 0.4) is 0 Å². The highest BCUT2D eigenvalue weighted by Crippen LogP contribution is 2.24. The van der Waals surface area contributed by atoms with Crippen LogP contribution in [0.5, 0.6) is 0 Å². The first-order valence-electron chi connectivity index (χ1n) is 6.45. The van der Waals surface area contributed by atoms with E-state index in [1.807, 2.05) is 31.2 Å². The van der Waals surface area contributed by atoms with Gasteiger partial charge in [-0.1, -0.05) is 18.6 Å². The fraction of sp³-hybridized carbons (Fsp3) is 0.500. The van der Waals surface area contributed by atoms with Crippen molar-refractivity contribution in [2.45, 2.75) is 32.3 Å². The van der Waals surface area contributed by atoms with Crippen LogP contribution in [-0.2, 0) is 0 Å². The summed E-state index contributed by atoms with van der Waals surface area (Å²) in [5, 5.41) is 15.3.